The molecule has 3 heteroatoms. The number of ketones is 1. The third-order valence-corrected chi connectivity index (χ3v) is 1.46. The first kappa shape index (κ1) is 8.59. The molecule has 0 aliphatic carbocycles. The Balaban J connectivity index is 3.25. The zero-order valence-electron chi connectivity index (χ0n) is 6.67. The van der Waals surface area contributed by atoms with Crippen molar-refractivity contribution in [1.29, 1.82) is 0 Å². The molecule has 0 aliphatic rings. The molecule has 0 unspecified atom stereocenters. The number of hydrogen-bond acceptors (Lipinski definition) is 2. The van der Waals surface area contributed by atoms with Gasteiger partial charge in [-0.1, -0.05) is 6.58 Å². The predicted molar refractivity (Wildman–Crippen MR) is 44.3 cm³/mol. The molecular formula is C9H8FNO. The first-order valence-corrected chi connectivity index (χ1v) is 3.44. The van der Waals surface area contributed by atoms with Gasteiger partial charge in [0.1, 0.15) is 0 Å². The van der Waals surface area contributed by atoms with Crippen molar-refractivity contribution in [1.82, 2.24) is 4.98 Å². The monoisotopic (exact) mass is 165 g/mol. The van der Waals surface area contributed by atoms with E-state index in [9.17, 15) is 9.18 Å². The summed E-state index contributed by atoms with van der Waals surface area (Å²) < 4.78 is 12.8. The minimum Gasteiger partial charge on any atom is -0.294 e. The summed E-state index contributed by atoms with van der Waals surface area (Å²) >= 11 is 0. The Hall–Kier alpha value is -1.51. The summed E-state index contributed by atoms with van der Waals surface area (Å²) in [5, 5.41) is 0. The Morgan fingerprint density at radius 2 is 2.42 bits per heavy atom. The van der Waals surface area contributed by atoms with Crippen molar-refractivity contribution in [3.63, 3.8) is 0 Å². The van der Waals surface area contributed by atoms with Crippen LogP contribution in [0.2, 0.25) is 0 Å². The third kappa shape index (κ3) is 1.56. The second-order valence-electron chi connectivity index (χ2n) is 2.35. The average Bonchev–Trinajstić information content (AvgIpc) is 2.05. The molecular weight excluding hydrogens is 157 g/mol. The standard InChI is InChI=1S/C9H8FNO/c1-3-7-4-8(6(2)12)9(10)5-11-7/h3-5H,1H2,2H3. The Bertz CT molecular complexity index is 333. The van der Waals surface area contributed by atoms with Crippen molar-refractivity contribution >= 4 is 11.9 Å². The van der Waals surface area contributed by atoms with Crippen LogP contribution in [0.15, 0.2) is 18.8 Å². The van der Waals surface area contributed by atoms with Gasteiger partial charge in [0.25, 0.3) is 0 Å². The van der Waals surface area contributed by atoms with Crippen LogP contribution in [-0.4, -0.2) is 10.8 Å². The van der Waals surface area contributed by atoms with E-state index in [1.54, 1.807) is 0 Å². The van der Waals surface area contributed by atoms with Crippen LogP contribution in [-0.2, 0) is 0 Å². The van der Waals surface area contributed by atoms with Crippen LogP contribution in [0.5, 0.6) is 0 Å². The van der Waals surface area contributed by atoms with Crippen molar-refractivity contribution in [3.8, 4) is 0 Å². The fourth-order valence-electron chi connectivity index (χ4n) is 0.836. The van der Waals surface area contributed by atoms with Crippen LogP contribution >= 0.6 is 0 Å². The molecule has 1 aromatic heterocycles. The molecule has 1 aromatic rings. The van der Waals surface area contributed by atoms with Gasteiger partial charge < -0.3 is 0 Å². The second kappa shape index (κ2) is 3.26. The highest BCUT2D eigenvalue weighted by Gasteiger charge is 2.07. The Morgan fingerprint density at radius 3 is 2.92 bits per heavy atom. The van der Waals surface area contributed by atoms with Gasteiger partial charge in [0, 0.05) is 0 Å². The lowest BCUT2D eigenvalue weighted by molar-refractivity contribution is 0.101. The normalized spacial score (nSPS) is 9.50. The van der Waals surface area contributed by atoms with Crippen molar-refractivity contribution in [2.45, 2.75) is 6.92 Å². The number of nitrogens with zero attached hydrogens (tertiary/aromatic N) is 1. The molecule has 0 fully saturated rings. The van der Waals surface area contributed by atoms with Gasteiger partial charge in [-0.2, -0.15) is 0 Å². The first-order chi connectivity index (χ1) is 5.65. The number of halogens is 1. The maximum absolute atomic E-state index is 12.8. The molecule has 0 radical (unpaired) electrons. The van der Waals surface area contributed by atoms with Crippen LogP contribution in [0.1, 0.15) is 23.0 Å². The molecule has 0 spiro atoms. The largest absolute Gasteiger partial charge is 0.294 e. The number of hydrogen-bond donors (Lipinski definition) is 0. The maximum Gasteiger partial charge on any atom is 0.162 e. The average molecular weight is 165 g/mol. The number of aromatic nitrogens is 1. The SMILES string of the molecule is C=Cc1cc(C(C)=O)c(F)cn1. The second-order valence-corrected chi connectivity index (χ2v) is 2.35. The Morgan fingerprint density at radius 1 is 1.75 bits per heavy atom. The molecule has 0 saturated carbocycles. The third-order valence-electron chi connectivity index (χ3n) is 1.46. The Kier molecular flexibility index (Phi) is 2.33. The molecule has 0 atom stereocenters. The van der Waals surface area contributed by atoms with Gasteiger partial charge in [-0.15, -0.1) is 0 Å². The van der Waals surface area contributed by atoms with E-state index in [4.69, 9.17) is 0 Å². The molecule has 2 nitrogen and oxygen atoms in total. The molecule has 62 valence electrons. The fraction of sp³-hybridized carbons (Fsp3) is 0.111. The number of carbonyl (C=O) groups excluding carboxylic acids is 1. The minimum absolute atomic E-state index is 0.0555. The minimum atomic E-state index is -0.590. The summed E-state index contributed by atoms with van der Waals surface area (Å²) in [5.74, 6) is -0.897. The van der Waals surface area contributed by atoms with Gasteiger partial charge >= 0.3 is 0 Å². The van der Waals surface area contributed by atoms with Crippen molar-refractivity contribution in [3.05, 3.63) is 35.9 Å². The lowest BCUT2D eigenvalue weighted by atomic mass is 10.1. The number of carbonyl (C=O) groups is 1. The van der Waals surface area contributed by atoms with Crippen molar-refractivity contribution in [2.75, 3.05) is 0 Å². The maximum atomic E-state index is 12.8. The van der Waals surface area contributed by atoms with Gasteiger partial charge in [0.05, 0.1) is 17.5 Å². The van der Waals surface area contributed by atoms with Crippen LogP contribution in [0, 0.1) is 5.82 Å². The molecule has 0 saturated heterocycles. The molecule has 0 bridgehead atoms. The highest BCUT2D eigenvalue weighted by Crippen LogP contribution is 2.08. The number of rotatable bonds is 2. The highest BCUT2D eigenvalue weighted by atomic mass is 19.1. The zero-order valence-corrected chi connectivity index (χ0v) is 6.67. The van der Waals surface area contributed by atoms with Gasteiger partial charge in [-0.25, -0.2) is 4.39 Å². The highest BCUT2D eigenvalue weighted by molar-refractivity contribution is 5.94. The molecule has 0 aromatic carbocycles. The van der Waals surface area contributed by atoms with Gasteiger partial charge in [-0.05, 0) is 19.1 Å². The topological polar surface area (TPSA) is 30.0 Å². The van der Waals surface area contributed by atoms with Gasteiger partial charge in [0.15, 0.2) is 11.6 Å². The van der Waals surface area contributed by atoms with Crippen LogP contribution in [0.3, 0.4) is 0 Å². The summed E-state index contributed by atoms with van der Waals surface area (Å²) in [4.78, 5) is 14.5. The smallest absolute Gasteiger partial charge is 0.162 e. The summed E-state index contributed by atoms with van der Waals surface area (Å²) in [6, 6.07) is 1.38. The summed E-state index contributed by atoms with van der Waals surface area (Å²) in [7, 11) is 0. The van der Waals surface area contributed by atoms with Crippen molar-refractivity contribution < 1.29 is 9.18 Å². The van der Waals surface area contributed by atoms with E-state index < -0.39 is 5.82 Å². The molecule has 0 N–H and O–H groups in total. The molecule has 1 rings (SSSR count). The summed E-state index contributed by atoms with van der Waals surface area (Å²) in [6.07, 6.45) is 2.49. The number of pyridine rings is 1. The quantitative estimate of drug-likeness (QED) is 0.628. The van der Waals surface area contributed by atoms with Crippen LogP contribution in [0.25, 0.3) is 6.08 Å². The Labute approximate surface area is 69.7 Å². The van der Waals surface area contributed by atoms with E-state index in [2.05, 4.69) is 11.6 Å². The molecule has 0 amide bonds. The van der Waals surface area contributed by atoms with E-state index in [0.717, 1.165) is 6.20 Å². The van der Waals surface area contributed by atoms with E-state index in [1.165, 1.54) is 19.1 Å². The number of Topliss-reactive ketones (excluding diaryl/α,β-unsaturated/α-hetero) is 1. The zero-order chi connectivity index (χ0) is 9.14. The van der Waals surface area contributed by atoms with E-state index in [0.29, 0.717) is 5.69 Å². The predicted octanol–water partition coefficient (Wildman–Crippen LogP) is 2.07. The van der Waals surface area contributed by atoms with E-state index in [-0.39, 0.29) is 11.3 Å². The van der Waals surface area contributed by atoms with Crippen LogP contribution in [0.4, 0.5) is 4.39 Å². The van der Waals surface area contributed by atoms with Crippen LogP contribution < -0.4 is 0 Å². The summed E-state index contributed by atoms with van der Waals surface area (Å²) in [6.45, 7) is 4.78. The lowest BCUT2D eigenvalue weighted by Gasteiger charge is -1.98. The lowest BCUT2D eigenvalue weighted by Crippen LogP contribution is -1.98. The molecule has 0 aliphatic heterocycles. The van der Waals surface area contributed by atoms with E-state index >= 15 is 0 Å². The van der Waals surface area contributed by atoms with Gasteiger partial charge in [-0.3, -0.25) is 9.78 Å². The van der Waals surface area contributed by atoms with E-state index in [1.807, 2.05) is 0 Å². The fourth-order valence-corrected chi connectivity index (χ4v) is 0.836. The molecule has 12 heavy (non-hydrogen) atoms. The molecule has 1 heterocycles. The first-order valence-electron chi connectivity index (χ1n) is 3.44. The summed E-state index contributed by atoms with van der Waals surface area (Å²) in [5.41, 5.74) is 0.557. The van der Waals surface area contributed by atoms with Gasteiger partial charge in [0.2, 0.25) is 0 Å². The van der Waals surface area contributed by atoms with Crippen molar-refractivity contribution in [2.24, 2.45) is 0 Å².